The molecule has 0 saturated carbocycles. The number of amides is 1. The minimum absolute atomic E-state index is 0.169. The second-order valence-corrected chi connectivity index (χ2v) is 7.94. The highest BCUT2D eigenvalue weighted by molar-refractivity contribution is 5.94. The molecule has 3 aromatic carbocycles. The summed E-state index contributed by atoms with van der Waals surface area (Å²) in [6, 6.07) is 20.4. The van der Waals surface area contributed by atoms with E-state index in [0.717, 1.165) is 22.4 Å². The molecule has 0 bridgehead atoms. The van der Waals surface area contributed by atoms with Gasteiger partial charge in [0.2, 0.25) is 0 Å². The van der Waals surface area contributed by atoms with Crippen LogP contribution in [0.2, 0.25) is 0 Å². The molecular formula is C29H29N3O5. The third kappa shape index (κ3) is 6.76. The third-order valence-electron chi connectivity index (χ3n) is 5.44. The summed E-state index contributed by atoms with van der Waals surface area (Å²) in [5.41, 5.74) is 3.18. The zero-order valence-electron chi connectivity index (χ0n) is 21.1. The summed E-state index contributed by atoms with van der Waals surface area (Å²) in [5.74, 6) is 2.55. The first-order valence-electron chi connectivity index (χ1n) is 12.0. The Bertz CT molecular complexity index is 1310. The molecule has 0 fully saturated rings. The number of benzene rings is 3. The lowest BCUT2D eigenvalue weighted by molar-refractivity contribution is 0.0951. The largest absolute Gasteiger partial charge is 0.497 e. The molecule has 4 aromatic rings. The van der Waals surface area contributed by atoms with Gasteiger partial charge in [0, 0.05) is 30.1 Å². The van der Waals surface area contributed by atoms with Crippen LogP contribution < -0.4 is 24.3 Å². The summed E-state index contributed by atoms with van der Waals surface area (Å²) in [6.07, 6.45) is 3.37. The predicted molar refractivity (Wildman–Crippen MR) is 140 cm³/mol. The van der Waals surface area contributed by atoms with Gasteiger partial charge in [-0.1, -0.05) is 18.2 Å². The van der Waals surface area contributed by atoms with Crippen molar-refractivity contribution in [3.8, 4) is 40.1 Å². The Labute approximate surface area is 216 Å². The Balaban J connectivity index is 1.35. The van der Waals surface area contributed by atoms with Gasteiger partial charge in [-0.3, -0.25) is 4.79 Å². The molecule has 0 unspecified atom stereocenters. The number of ether oxygens (including phenoxy) is 4. The quantitative estimate of drug-likeness (QED) is 0.284. The van der Waals surface area contributed by atoms with Crippen molar-refractivity contribution in [2.75, 3.05) is 20.3 Å². The highest BCUT2D eigenvalue weighted by atomic mass is 16.5. The van der Waals surface area contributed by atoms with Gasteiger partial charge in [-0.25, -0.2) is 9.97 Å². The van der Waals surface area contributed by atoms with Gasteiger partial charge in [0.25, 0.3) is 5.91 Å². The van der Waals surface area contributed by atoms with Gasteiger partial charge in [0.05, 0.1) is 20.3 Å². The van der Waals surface area contributed by atoms with Crippen LogP contribution in [0.5, 0.6) is 29.0 Å². The van der Waals surface area contributed by atoms with E-state index < -0.39 is 0 Å². The average molecular weight is 500 g/mol. The molecule has 1 N–H and O–H groups in total. The van der Waals surface area contributed by atoms with Crippen molar-refractivity contribution in [2.45, 2.75) is 20.4 Å². The molecule has 0 aliphatic heterocycles. The first-order chi connectivity index (χ1) is 18.1. The predicted octanol–water partition coefficient (Wildman–Crippen LogP) is 5.67. The van der Waals surface area contributed by atoms with Crippen molar-refractivity contribution in [2.24, 2.45) is 0 Å². The molecule has 4 rings (SSSR count). The fraction of sp³-hybridized carbons (Fsp3) is 0.207. The summed E-state index contributed by atoms with van der Waals surface area (Å²) in [4.78, 5) is 21.3. The third-order valence-corrected chi connectivity index (χ3v) is 5.44. The molecule has 37 heavy (non-hydrogen) atoms. The molecule has 1 heterocycles. The van der Waals surface area contributed by atoms with E-state index in [1.54, 1.807) is 55.9 Å². The lowest BCUT2D eigenvalue weighted by atomic mass is 10.1. The topological polar surface area (TPSA) is 91.8 Å². The molecule has 1 amide bonds. The first kappa shape index (κ1) is 25.5. The van der Waals surface area contributed by atoms with Gasteiger partial charge < -0.3 is 24.3 Å². The summed E-state index contributed by atoms with van der Waals surface area (Å²) < 4.78 is 22.1. The van der Waals surface area contributed by atoms with Crippen molar-refractivity contribution >= 4 is 5.91 Å². The number of methoxy groups -OCH3 is 1. The molecule has 190 valence electrons. The van der Waals surface area contributed by atoms with E-state index in [2.05, 4.69) is 15.3 Å². The number of carbonyl (C=O) groups is 1. The number of nitrogens with one attached hydrogen (secondary N) is 1. The highest BCUT2D eigenvalue weighted by Crippen LogP contribution is 2.28. The maximum Gasteiger partial charge on any atom is 0.321 e. The van der Waals surface area contributed by atoms with Gasteiger partial charge in [0.1, 0.15) is 11.5 Å². The van der Waals surface area contributed by atoms with Gasteiger partial charge in [-0.05, 0) is 73.5 Å². The molecule has 0 aliphatic carbocycles. The fourth-order valence-corrected chi connectivity index (χ4v) is 3.57. The Kier molecular flexibility index (Phi) is 8.54. The smallest absolute Gasteiger partial charge is 0.321 e. The average Bonchev–Trinajstić information content (AvgIpc) is 2.94. The van der Waals surface area contributed by atoms with Gasteiger partial charge in [-0.2, -0.15) is 0 Å². The maximum absolute atomic E-state index is 12.7. The van der Waals surface area contributed by atoms with Crippen molar-refractivity contribution in [3.05, 3.63) is 90.3 Å². The van der Waals surface area contributed by atoms with E-state index in [0.29, 0.717) is 42.6 Å². The number of hydrogen-bond acceptors (Lipinski definition) is 7. The number of aromatic nitrogens is 2. The molecule has 0 atom stereocenters. The van der Waals surface area contributed by atoms with E-state index in [-0.39, 0.29) is 11.9 Å². The summed E-state index contributed by atoms with van der Waals surface area (Å²) in [5, 5.41) is 2.95. The van der Waals surface area contributed by atoms with Crippen molar-refractivity contribution in [3.63, 3.8) is 0 Å². The van der Waals surface area contributed by atoms with Crippen molar-refractivity contribution in [1.29, 1.82) is 0 Å². The number of hydrogen-bond donors (Lipinski definition) is 1. The molecule has 8 nitrogen and oxygen atoms in total. The normalized spacial score (nSPS) is 10.5. The summed E-state index contributed by atoms with van der Waals surface area (Å²) >= 11 is 0. The minimum Gasteiger partial charge on any atom is -0.497 e. The molecule has 0 aliphatic rings. The van der Waals surface area contributed by atoms with Gasteiger partial charge >= 0.3 is 6.01 Å². The Morgan fingerprint density at radius 1 is 0.784 bits per heavy atom. The Morgan fingerprint density at radius 2 is 1.43 bits per heavy atom. The number of rotatable bonds is 11. The monoisotopic (exact) mass is 499 g/mol. The standard InChI is InChI=1S/C29H29N3O5/c1-4-35-26-15-6-20(16-27(26)36-5-2)17-30-28(33)22-9-7-21(8-10-22)23-18-31-29(32-19-23)37-25-13-11-24(34-3)12-14-25/h6-16,18-19H,4-5,17H2,1-3H3,(H,30,33). The number of nitrogens with zero attached hydrogens (tertiary/aromatic N) is 2. The Hall–Kier alpha value is -4.59. The van der Waals surface area contributed by atoms with Gasteiger partial charge in [-0.15, -0.1) is 0 Å². The van der Waals surface area contributed by atoms with Crippen LogP contribution in [-0.2, 0) is 6.54 Å². The van der Waals surface area contributed by atoms with E-state index in [1.807, 2.05) is 44.2 Å². The maximum atomic E-state index is 12.7. The van der Waals surface area contributed by atoms with Crippen LogP contribution >= 0.6 is 0 Å². The van der Waals surface area contributed by atoms with Crippen LogP contribution in [0.4, 0.5) is 0 Å². The second-order valence-electron chi connectivity index (χ2n) is 7.94. The Morgan fingerprint density at radius 3 is 2.08 bits per heavy atom. The lowest BCUT2D eigenvalue weighted by Crippen LogP contribution is -2.22. The van der Waals surface area contributed by atoms with Crippen LogP contribution in [0.3, 0.4) is 0 Å². The lowest BCUT2D eigenvalue weighted by Gasteiger charge is -2.13. The van der Waals surface area contributed by atoms with E-state index in [1.165, 1.54) is 0 Å². The van der Waals surface area contributed by atoms with Crippen LogP contribution in [-0.4, -0.2) is 36.2 Å². The number of carbonyl (C=O) groups excluding carboxylic acids is 1. The summed E-state index contributed by atoms with van der Waals surface area (Å²) in [7, 11) is 1.61. The molecule has 0 radical (unpaired) electrons. The van der Waals surface area contributed by atoms with Crippen molar-refractivity contribution < 1.29 is 23.7 Å². The van der Waals surface area contributed by atoms with Gasteiger partial charge in [0.15, 0.2) is 11.5 Å². The summed E-state index contributed by atoms with van der Waals surface area (Å²) in [6.45, 7) is 5.31. The zero-order valence-corrected chi connectivity index (χ0v) is 21.1. The first-order valence-corrected chi connectivity index (χ1v) is 12.0. The highest BCUT2D eigenvalue weighted by Gasteiger charge is 2.10. The van der Waals surface area contributed by atoms with Crippen LogP contribution in [0, 0.1) is 0 Å². The van der Waals surface area contributed by atoms with Crippen molar-refractivity contribution in [1.82, 2.24) is 15.3 Å². The van der Waals surface area contributed by atoms with E-state index >= 15 is 0 Å². The van der Waals surface area contributed by atoms with E-state index in [9.17, 15) is 4.79 Å². The molecule has 0 spiro atoms. The second kappa shape index (κ2) is 12.4. The van der Waals surface area contributed by atoms with Crippen LogP contribution in [0.1, 0.15) is 29.8 Å². The van der Waals surface area contributed by atoms with Crippen LogP contribution in [0.15, 0.2) is 79.1 Å². The SMILES string of the molecule is CCOc1ccc(CNC(=O)c2ccc(-c3cnc(Oc4ccc(OC)cc4)nc3)cc2)cc1OCC. The minimum atomic E-state index is -0.169. The zero-order chi connectivity index (χ0) is 26.0. The van der Waals surface area contributed by atoms with E-state index in [4.69, 9.17) is 18.9 Å². The molecule has 8 heteroatoms. The fourth-order valence-electron chi connectivity index (χ4n) is 3.57. The molecular weight excluding hydrogens is 470 g/mol. The molecule has 1 aromatic heterocycles. The van der Waals surface area contributed by atoms with Crippen LogP contribution in [0.25, 0.3) is 11.1 Å². The molecule has 0 saturated heterocycles.